The summed E-state index contributed by atoms with van der Waals surface area (Å²) in [5.41, 5.74) is 0.782. The van der Waals surface area contributed by atoms with Gasteiger partial charge in [0.05, 0.1) is 23.9 Å². The van der Waals surface area contributed by atoms with Gasteiger partial charge < -0.3 is 9.47 Å². The van der Waals surface area contributed by atoms with Crippen LogP contribution in [0.5, 0.6) is 11.8 Å². The van der Waals surface area contributed by atoms with Crippen LogP contribution >= 0.6 is 0 Å². The van der Waals surface area contributed by atoms with Gasteiger partial charge in [0, 0.05) is 13.1 Å². The number of nitrogens with zero attached hydrogens (tertiary/aromatic N) is 3. The quantitative estimate of drug-likeness (QED) is 0.748. The molecular formula is C18H22FN3O4S. The fraction of sp³-hybridized carbons (Fsp3) is 0.444. The summed E-state index contributed by atoms with van der Waals surface area (Å²) in [7, 11) is -3.58. The highest BCUT2D eigenvalue weighted by Crippen LogP contribution is 2.26. The van der Waals surface area contributed by atoms with Gasteiger partial charge in [-0.1, -0.05) is 0 Å². The summed E-state index contributed by atoms with van der Waals surface area (Å²) in [5, 5.41) is 0. The van der Waals surface area contributed by atoms with Gasteiger partial charge in [-0.15, -0.1) is 0 Å². The molecule has 1 aliphatic rings. The Balaban J connectivity index is 1.64. The molecule has 2 aromatic rings. The van der Waals surface area contributed by atoms with E-state index in [1.807, 2.05) is 13.8 Å². The zero-order chi connectivity index (χ0) is 19.4. The average molecular weight is 395 g/mol. The molecule has 0 spiro atoms. The number of hydrogen-bond acceptors (Lipinski definition) is 6. The predicted molar refractivity (Wildman–Crippen MR) is 96.7 cm³/mol. The van der Waals surface area contributed by atoms with Crippen molar-refractivity contribution < 1.29 is 22.3 Å². The number of benzene rings is 1. The highest BCUT2D eigenvalue weighted by Gasteiger charge is 2.30. The summed E-state index contributed by atoms with van der Waals surface area (Å²) in [4.78, 5) is 7.79. The van der Waals surface area contributed by atoms with Crippen molar-refractivity contribution >= 4 is 10.0 Å². The summed E-state index contributed by atoms with van der Waals surface area (Å²) < 4.78 is 51.2. The summed E-state index contributed by atoms with van der Waals surface area (Å²) >= 11 is 0. The molecule has 0 unspecified atom stereocenters. The lowest BCUT2D eigenvalue weighted by atomic mass is 10.1. The first-order valence-electron chi connectivity index (χ1n) is 8.78. The lowest BCUT2D eigenvalue weighted by molar-refractivity contribution is 0.124. The zero-order valence-electron chi connectivity index (χ0n) is 15.3. The number of sulfonamides is 1. The molecule has 3 rings (SSSR count). The molecule has 1 fully saturated rings. The minimum Gasteiger partial charge on any atom is -0.494 e. The molecule has 0 radical (unpaired) electrons. The normalized spacial score (nSPS) is 16.3. The largest absolute Gasteiger partial charge is 0.494 e. The standard InChI is InChI=1S/C18H22FN3O4S/c1-3-25-17-5-4-16(10-13(17)2)27(23,24)22-8-6-15(7-9-22)26-18-20-11-14(19)12-21-18/h4-5,10-12,15H,3,6-9H2,1-2H3. The van der Waals surface area contributed by atoms with E-state index < -0.39 is 15.8 Å². The second-order valence-corrected chi connectivity index (χ2v) is 8.20. The maximum Gasteiger partial charge on any atom is 0.316 e. The number of rotatable bonds is 6. The van der Waals surface area contributed by atoms with E-state index in [0.29, 0.717) is 38.3 Å². The molecule has 0 saturated carbocycles. The molecule has 146 valence electrons. The SMILES string of the molecule is CCOc1ccc(S(=O)(=O)N2CCC(Oc3ncc(F)cn3)CC2)cc1C. The average Bonchev–Trinajstić information content (AvgIpc) is 2.66. The maximum absolute atomic E-state index is 12.9. The van der Waals surface area contributed by atoms with Crippen molar-refractivity contribution in [1.29, 1.82) is 0 Å². The minimum atomic E-state index is -3.58. The van der Waals surface area contributed by atoms with Gasteiger partial charge in [-0.2, -0.15) is 4.31 Å². The minimum absolute atomic E-state index is 0.0971. The van der Waals surface area contributed by atoms with Gasteiger partial charge >= 0.3 is 6.01 Å². The number of piperidine rings is 1. The van der Waals surface area contributed by atoms with Crippen molar-refractivity contribution in [2.45, 2.75) is 37.7 Å². The van der Waals surface area contributed by atoms with Crippen molar-refractivity contribution in [3.63, 3.8) is 0 Å². The van der Waals surface area contributed by atoms with Gasteiger partial charge in [0.1, 0.15) is 11.9 Å². The van der Waals surface area contributed by atoms with E-state index in [-0.39, 0.29) is 17.0 Å². The third kappa shape index (κ3) is 4.54. The fourth-order valence-electron chi connectivity index (χ4n) is 2.95. The first-order chi connectivity index (χ1) is 12.9. The predicted octanol–water partition coefficient (Wildman–Crippen LogP) is 2.55. The van der Waals surface area contributed by atoms with Crippen LogP contribution in [0.25, 0.3) is 0 Å². The lowest BCUT2D eigenvalue weighted by Gasteiger charge is -2.31. The van der Waals surface area contributed by atoms with E-state index in [2.05, 4.69) is 9.97 Å². The fourth-order valence-corrected chi connectivity index (χ4v) is 4.50. The number of halogens is 1. The Morgan fingerprint density at radius 1 is 1.22 bits per heavy atom. The summed E-state index contributed by atoms with van der Waals surface area (Å²) in [6, 6.07) is 4.99. The maximum atomic E-state index is 12.9. The van der Waals surface area contributed by atoms with Crippen LogP contribution in [0.1, 0.15) is 25.3 Å². The molecule has 27 heavy (non-hydrogen) atoms. The number of hydrogen-bond donors (Lipinski definition) is 0. The van der Waals surface area contributed by atoms with Crippen LogP contribution in [0, 0.1) is 12.7 Å². The topological polar surface area (TPSA) is 81.6 Å². The number of ether oxygens (including phenoxy) is 2. The summed E-state index contributed by atoms with van der Waals surface area (Å²) in [5.74, 6) is 0.150. The Hall–Kier alpha value is -2.26. The van der Waals surface area contributed by atoms with E-state index in [0.717, 1.165) is 18.0 Å². The van der Waals surface area contributed by atoms with Gasteiger partial charge in [-0.25, -0.2) is 22.8 Å². The molecule has 1 aliphatic heterocycles. The molecule has 0 atom stereocenters. The van der Waals surface area contributed by atoms with Crippen LogP contribution in [-0.4, -0.2) is 48.5 Å². The van der Waals surface area contributed by atoms with Gasteiger partial charge in [-0.3, -0.25) is 0 Å². The highest BCUT2D eigenvalue weighted by molar-refractivity contribution is 7.89. The Labute approximate surface area is 158 Å². The van der Waals surface area contributed by atoms with Gasteiger partial charge in [0.25, 0.3) is 0 Å². The van der Waals surface area contributed by atoms with E-state index >= 15 is 0 Å². The van der Waals surface area contributed by atoms with Gasteiger partial charge in [0.15, 0.2) is 5.82 Å². The molecule has 0 N–H and O–H groups in total. The molecule has 1 saturated heterocycles. The Morgan fingerprint density at radius 3 is 2.48 bits per heavy atom. The van der Waals surface area contributed by atoms with E-state index in [9.17, 15) is 12.8 Å². The molecule has 7 nitrogen and oxygen atoms in total. The number of aryl methyl sites for hydroxylation is 1. The highest BCUT2D eigenvalue weighted by atomic mass is 32.2. The Morgan fingerprint density at radius 2 is 1.89 bits per heavy atom. The van der Waals surface area contributed by atoms with Gasteiger partial charge in [0.2, 0.25) is 10.0 Å². The molecular weight excluding hydrogens is 373 g/mol. The van der Waals surface area contributed by atoms with Crippen molar-refractivity contribution in [2.24, 2.45) is 0 Å². The molecule has 0 bridgehead atoms. The van der Waals surface area contributed by atoms with Crippen LogP contribution in [0.15, 0.2) is 35.5 Å². The second kappa shape index (κ2) is 8.18. The summed E-state index contributed by atoms with van der Waals surface area (Å²) in [6.45, 7) is 4.90. The smallest absolute Gasteiger partial charge is 0.316 e. The molecule has 9 heteroatoms. The summed E-state index contributed by atoms with van der Waals surface area (Å²) in [6.07, 6.45) is 2.89. The van der Waals surface area contributed by atoms with E-state index in [1.54, 1.807) is 18.2 Å². The van der Waals surface area contributed by atoms with Crippen LogP contribution in [-0.2, 0) is 10.0 Å². The van der Waals surface area contributed by atoms with Crippen molar-refractivity contribution in [3.05, 3.63) is 42.0 Å². The van der Waals surface area contributed by atoms with E-state index in [1.165, 1.54) is 4.31 Å². The Bertz CT molecular complexity index is 882. The molecule has 2 heterocycles. The van der Waals surface area contributed by atoms with Crippen molar-refractivity contribution in [1.82, 2.24) is 14.3 Å². The van der Waals surface area contributed by atoms with Crippen LogP contribution in [0.2, 0.25) is 0 Å². The lowest BCUT2D eigenvalue weighted by Crippen LogP contribution is -2.41. The van der Waals surface area contributed by atoms with Crippen LogP contribution in [0.3, 0.4) is 0 Å². The second-order valence-electron chi connectivity index (χ2n) is 6.27. The monoisotopic (exact) mass is 395 g/mol. The molecule has 0 amide bonds. The van der Waals surface area contributed by atoms with Crippen LogP contribution in [0.4, 0.5) is 4.39 Å². The first-order valence-corrected chi connectivity index (χ1v) is 10.2. The van der Waals surface area contributed by atoms with Gasteiger partial charge in [-0.05, 0) is 50.5 Å². The third-order valence-electron chi connectivity index (χ3n) is 4.35. The number of aromatic nitrogens is 2. The molecule has 0 aliphatic carbocycles. The van der Waals surface area contributed by atoms with Crippen molar-refractivity contribution in [2.75, 3.05) is 19.7 Å². The first kappa shape index (κ1) is 19.5. The van der Waals surface area contributed by atoms with Crippen molar-refractivity contribution in [3.8, 4) is 11.8 Å². The third-order valence-corrected chi connectivity index (χ3v) is 6.25. The zero-order valence-corrected chi connectivity index (χ0v) is 16.1. The van der Waals surface area contributed by atoms with Crippen LogP contribution < -0.4 is 9.47 Å². The Kier molecular flexibility index (Phi) is 5.91. The molecule has 1 aromatic carbocycles. The molecule has 1 aromatic heterocycles. The van der Waals surface area contributed by atoms with E-state index in [4.69, 9.17) is 9.47 Å².